The van der Waals surface area contributed by atoms with Crippen LogP contribution in [-0.2, 0) is 16.0 Å². The molecule has 6 nitrogen and oxygen atoms in total. The lowest BCUT2D eigenvalue weighted by molar-refractivity contribution is -0.143. The molecule has 1 amide bonds. The predicted octanol–water partition coefficient (Wildman–Crippen LogP) is 1.91. The van der Waals surface area contributed by atoms with Crippen molar-refractivity contribution in [3.05, 3.63) is 29.2 Å². The molecular weight excluding hydrogens is 292 g/mol. The van der Waals surface area contributed by atoms with Crippen molar-refractivity contribution in [1.82, 2.24) is 19.5 Å². The first-order valence-electron chi connectivity index (χ1n) is 8.18. The molecule has 1 aliphatic heterocycles. The van der Waals surface area contributed by atoms with Gasteiger partial charge in [-0.1, -0.05) is 0 Å². The van der Waals surface area contributed by atoms with E-state index in [2.05, 4.69) is 10.1 Å². The number of morpholine rings is 1. The second-order valence-corrected chi connectivity index (χ2v) is 6.40. The van der Waals surface area contributed by atoms with Gasteiger partial charge in [-0.3, -0.25) is 4.79 Å². The Kier molecular flexibility index (Phi) is 4.35. The second-order valence-electron chi connectivity index (χ2n) is 6.40. The zero-order valence-corrected chi connectivity index (χ0v) is 14.2. The Morgan fingerprint density at radius 1 is 1.39 bits per heavy atom. The Hall–Kier alpha value is -1.95. The number of ether oxygens (including phenoxy) is 1. The van der Waals surface area contributed by atoms with Crippen LogP contribution < -0.4 is 0 Å². The molecule has 1 aliphatic rings. The summed E-state index contributed by atoms with van der Waals surface area (Å²) in [6.45, 7) is 9.38. The molecule has 0 unspecified atom stereocenters. The number of carbonyl (C=O) groups excluding carboxylic acids is 1. The third-order valence-corrected chi connectivity index (χ3v) is 4.61. The highest BCUT2D eigenvalue weighted by Crippen LogP contribution is 2.18. The van der Waals surface area contributed by atoms with Crippen LogP contribution >= 0.6 is 0 Å². The van der Waals surface area contributed by atoms with Crippen molar-refractivity contribution in [2.45, 2.75) is 52.7 Å². The number of hydrogen-bond donors (Lipinski definition) is 0. The van der Waals surface area contributed by atoms with E-state index >= 15 is 0 Å². The number of amides is 1. The summed E-state index contributed by atoms with van der Waals surface area (Å²) >= 11 is 0. The van der Waals surface area contributed by atoms with Gasteiger partial charge in [0.25, 0.3) is 0 Å². The Morgan fingerprint density at radius 3 is 2.96 bits per heavy atom. The zero-order chi connectivity index (χ0) is 16.6. The highest BCUT2D eigenvalue weighted by molar-refractivity contribution is 5.77. The van der Waals surface area contributed by atoms with Gasteiger partial charge < -0.3 is 9.64 Å². The average molecular weight is 316 g/mol. The summed E-state index contributed by atoms with van der Waals surface area (Å²) in [5.41, 5.74) is 4.01. The Morgan fingerprint density at radius 2 is 2.17 bits per heavy atom. The predicted molar refractivity (Wildman–Crippen MR) is 87.4 cm³/mol. The van der Waals surface area contributed by atoms with Gasteiger partial charge in [0.2, 0.25) is 5.91 Å². The average Bonchev–Trinajstić information content (AvgIpc) is 2.97. The minimum atomic E-state index is 0.112. The van der Waals surface area contributed by atoms with E-state index in [-0.39, 0.29) is 18.1 Å². The number of carbonyl (C=O) groups is 1. The molecule has 2 aromatic heterocycles. The Balaban J connectivity index is 1.74. The van der Waals surface area contributed by atoms with Crippen LogP contribution in [0.5, 0.6) is 0 Å². The summed E-state index contributed by atoms with van der Waals surface area (Å²) in [5, 5.41) is 4.30. The summed E-state index contributed by atoms with van der Waals surface area (Å²) < 4.78 is 7.43. The Labute approximate surface area is 136 Å². The SMILES string of the molecule is Cc1nc2ccnn2c(C)c1CCC(=O)N1C[C@H](C)OC[C@@H]1C. The van der Waals surface area contributed by atoms with Crippen LogP contribution in [-0.4, -0.2) is 50.7 Å². The van der Waals surface area contributed by atoms with E-state index in [1.165, 1.54) is 0 Å². The maximum absolute atomic E-state index is 12.6. The standard InChI is InChI=1S/C17H24N4O2/c1-11-10-23-12(2)9-20(11)17(22)6-5-15-13(3)19-16-7-8-18-21(16)14(15)4/h7-8,11-12H,5-6,9-10H2,1-4H3/t11-,12-/m0/s1. The third kappa shape index (κ3) is 3.08. The fourth-order valence-electron chi connectivity index (χ4n) is 3.26. The van der Waals surface area contributed by atoms with Gasteiger partial charge in [0.05, 0.1) is 24.9 Å². The molecule has 0 N–H and O–H groups in total. The fourth-order valence-corrected chi connectivity index (χ4v) is 3.26. The highest BCUT2D eigenvalue weighted by Gasteiger charge is 2.27. The van der Waals surface area contributed by atoms with Crippen LogP contribution in [0.3, 0.4) is 0 Å². The van der Waals surface area contributed by atoms with E-state index in [1.807, 2.05) is 43.2 Å². The molecular formula is C17H24N4O2. The van der Waals surface area contributed by atoms with Gasteiger partial charge >= 0.3 is 0 Å². The Bertz CT molecular complexity index is 725. The molecule has 0 radical (unpaired) electrons. The molecule has 6 heteroatoms. The monoisotopic (exact) mass is 316 g/mol. The van der Waals surface area contributed by atoms with E-state index < -0.39 is 0 Å². The van der Waals surface area contributed by atoms with Crippen LogP contribution in [0.2, 0.25) is 0 Å². The molecule has 23 heavy (non-hydrogen) atoms. The van der Waals surface area contributed by atoms with Gasteiger partial charge in [0.15, 0.2) is 5.65 Å². The number of nitrogens with zero attached hydrogens (tertiary/aromatic N) is 4. The highest BCUT2D eigenvalue weighted by atomic mass is 16.5. The molecule has 0 saturated carbocycles. The van der Waals surface area contributed by atoms with Gasteiger partial charge in [-0.15, -0.1) is 0 Å². The molecule has 0 spiro atoms. The van der Waals surface area contributed by atoms with Crippen LogP contribution in [0.4, 0.5) is 0 Å². The van der Waals surface area contributed by atoms with Gasteiger partial charge in [0.1, 0.15) is 0 Å². The smallest absolute Gasteiger partial charge is 0.223 e. The molecule has 0 bridgehead atoms. The lowest BCUT2D eigenvalue weighted by atomic mass is 10.1. The van der Waals surface area contributed by atoms with Gasteiger partial charge in [-0.2, -0.15) is 5.10 Å². The van der Waals surface area contributed by atoms with Crippen molar-refractivity contribution in [3.63, 3.8) is 0 Å². The van der Waals surface area contributed by atoms with Crippen molar-refractivity contribution >= 4 is 11.6 Å². The number of fused-ring (bicyclic) bond motifs is 1. The third-order valence-electron chi connectivity index (χ3n) is 4.61. The largest absolute Gasteiger partial charge is 0.375 e. The zero-order valence-electron chi connectivity index (χ0n) is 14.2. The minimum absolute atomic E-state index is 0.112. The first kappa shape index (κ1) is 15.9. The number of aromatic nitrogens is 3. The number of aryl methyl sites for hydroxylation is 2. The van der Waals surface area contributed by atoms with Crippen LogP contribution in [0.25, 0.3) is 5.65 Å². The van der Waals surface area contributed by atoms with E-state index in [4.69, 9.17) is 4.74 Å². The normalized spacial score (nSPS) is 21.8. The maximum Gasteiger partial charge on any atom is 0.223 e. The van der Waals surface area contributed by atoms with E-state index in [0.717, 1.165) is 22.6 Å². The lowest BCUT2D eigenvalue weighted by Crippen LogP contribution is -2.50. The van der Waals surface area contributed by atoms with E-state index in [0.29, 0.717) is 26.0 Å². The fraction of sp³-hybridized carbons (Fsp3) is 0.588. The van der Waals surface area contributed by atoms with Crippen LogP contribution in [0.1, 0.15) is 37.2 Å². The van der Waals surface area contributed by atoms with Gasteiger partial charge in [0, 0.05) is 30.4 Å². The number of hydrogen-bond acceptors (Lipinski definition) is 4. The maximum atomic E-state index is 12.6. The van der Waals surface area contributed by atoms with E-state index in [1.54, 1.807) is 6.20 Å². The van der Waals surface area contributed by atoms with Crippen molar-refractivity contribution in [2.24, 2.45) is 0 Å². The molecule has 2 atom stereocenters. The molecule has 1 saturated heterocycles. The molecule has 2 aromatic rings. The topological polar surface area (TPSA) is 59.7 Å². The van der Waals surface area contributed by atoms with Crippen molar-refractivity contribution in [3.8, 4) is 0 Å². The summed E-state index contributed by atoms with van der Waals surface area (Å²) in [5.74, 6) is 0.187. The number of rotatable bonds is 3. The first-order valence-corrected chi connectivity index (χ1v) is 8.18. The van der Waals surface area contributed by atoms with Gasteiger partial charge in [-0.05, 0) is 39.7 Å². The first-order chi connectivity index (χ1) is 11.0. The molecule has 0 aromatic carbocycles. The van der Waals surface area contributed by atoms with Crippen molar-refractivity contribution in [2.75, 3.05) is 13.2 Å². The van der Waals surface area contributed by atoms with Gasteiger partial charge in [-0.25, -0.2) is 9.50 Å². The molecule has 3 rings (SSSR count). The summed E-state index contributed by atoms with van der Waals surface area (Å²) in [4.78, 5) is 19.1. The molecule has 1 fully saturated rings. The minimum Gasteiger partial charge on any atom is -0.375 e. The molecule has 124 valence electrons. The summed E-state index contributed by atoms with van der Waals surface area (Å²) in [6, 6.07) is 2.04. The molecule has 0 aliphatic carbocycles. The summed E-state index contributed by atoms with van der Waals surface area (Å²) in [6.07, 6.45) is 3.05. The quantitative estimate of drug-likeness (QED) is 0.868. The van der Waals surface area contributed by atoms with Crippen molar-refractivity contribution < 1.29 is 9.53 Å². The van der Waals surface area contributed by atoms with Crippen LogP contribution in [0, 0.1) is 13.8 Å². The lowest BCUT2D eigenvalue weighted by Gasteiger charge is -2.37. The van der Waals surface area contributed by atoms with E-state index in [9.17, 15) is 4.79 Å². The summed E-state index contributed by atoms with van der Waals surface area (Å²) in [7, 11) is 0. The van der Waals surface area contributed by atoms with Crippen LogP contribution in [0.15, 0.2) is 12.3 Å². The van der Waals surface area contributed by atoms with Crippen molar-refractivity contribution in [1.29, 1.82) is 0 Å². The molecule has 3 heterocycles. The second kappa shape index (κ2) is 6.28.